The molecule has 0 radical (unpaired) electrons. The molecular weight excluding hydrogens is 813 g/mol. The lowest BCUT2D eigenvalue weighted by atomic mass is 9.88. The molecule has 0 unspecified atom stereocenters. The van der Waals surface area contributed by atoms with Gasteiger partial charge in [0.2, 0.25) is 0 Å². The van der Waals surface area contributed by atoms with Gasteiger partial charge in [-0.05, 0) is 45.8 Å². The molecule has 63 heavy (non-hydrogen) atoms. The van der Waals surface area contributed by atoms with E-state index in [9.17, 15) is 0 Å². The van der Waals surface area contributed by atoms with E-state index in [0.29, 0.717) is 44.3 Å². The molecule has 1 saturated heterocycles. The van der Waals surface area contributed by atoms with E-state index in [2.05, 4.69) is 84.9 Å². The molecule has 2 heterocycles. The Labute approximate surface area is 374 Å². The lowest BCUT2D eigenvalue weighted by molar-refractivity contribution is -0.275. The number of methoxy groups -OCH3 is 2. The van der Waals surface area contributed by atoms with Crippen molar-refractivity contribution >= 4 is 21.4 Å². The van der Waals surface area contributed by atoms with Crippen molar-refractivity contribution in [2.75, 3.05) is 34.4 Å². The molecule has 6 aromatic carbocycles. The SMILES string of the molecule is COCOc1cc(OCOC)c([C@@H]2O[C@H](COCc3ccccc3)[C@@H](OCc3ccccc3)[C@H](OCc3ccccc3)[C@H]2OCc2ccccc2)cc1Cc1cc2ccccc2s1. The number of hydrogen-bond donors (Lipinski definition) is 0. The van der Waals surface area contributed by atoms with Crippen LogP contribution in [0.1, 0.15) is 44.4 Å². The summed E-state index contributed by atoms with van der Waals surface area (Å²) in [6.07, 6.45) is -2.64. The molecule has 1 aliphatic rings. The molecular formula is C53H54O9S. The first-order chi connectivity index (χ1) is 31.1. The summed E-state index contributed by atoms with van der Waals surface area (Å²) in [4.78, 5) is 1.18. The summed E-state index contributed by atoms with van der Waals surface area (Å²) in [5, 5.41) is 1.19. The second-order valence-electron chi connectivity index (χ2n) is 15.4. The van der Waals surface area contributed by atoms with Crippen molar-refractivity contribution < 1.29 is 42.6 Å². The molecule has 0 amide bonds. The van der Waals surface area contributed by atoms with Crippen LogP contribution in [0.15, 0.2) is 164 Å². The molecule has 9 nitrogen and oxygen atoms in total. The molecule has 5 atom stereocenters. The summed E-state index contributed by atoms with van der Waals surface area (Å²) >= 11 is 1.76. The highest BCUT2D eigenvalue weighted by molar-refractivity contribution is 7.19. The van der Waals surface area contributed by atoms with Gasteiger partial charge in [-0.3, -0.25) is 0 Å². The smallest absolute Gasteiger partial charge is 0.188 e. The highest BCUT2D eigenvalue weighted by Gasteiger charge is 2.50. The molecule has 8 rings (SSSR count). The Bertz CT molecular complexity index is 2380. The fourth-order valence-electron chi connectivity index (χ4n) is 7.84. The van der Waals surface area contributed by atoms with Gasteiger partial charge in [-0.1, -0.05) is 140 Å². The lowest BCUT2D eigenvalue weighted by Crippen LogP contribution is -2.58. The molecule has 10 heteroatoms. The first-order valence-corrected chi connectivity index (χ1v) is 22.1. The minimum atomic E-state index is -0.721. The number of ether oxygens (including phenoxy) is 9. The highest BCUT2D eigenvalue weighted by atomic mass is 32.1. The van der Waals surface area contributed by atoms with E-state index in [1.807, 2.05) is 78.9 Å². The lowest BCUT2D eigenvalue weighted by Gasteiger charge is -2.46. The van der Waals surface area contributed by atoms with E-state index >= 15 is 0 Å². The Morgan fingerprint density at radius 3 is 1.59 bits per heavy atom. The van der Waals surface area contributed by atoms with Crippen LogP contribution in [0.3, 0.4) is 0 Å². The number of rotatable bonds is 22. The number of hydrogen-bond acceptors (Lipinski definition) is 10. The van der Waals surface area contributed by atoms with Gasteiger partial charge in [0, 0.05) is 47.4 Å². The number of fused-ring (bicyclic) bond motifs is 1. The van der Waals surface area contributed by atoms with Crippen molar-refractivity contribution in [1.29, 1.82) is 0 Å². The summed E-state index contributed by atoms with van der Waals surface area (Å²) < 4.78 is 59.8. The summed E-state index contributed by atoms with van der Waals surface area (Å²) in [6.45, 7) is 1.62. The monoisotopic (exact) mass is 866 g/mol. The quantitative estimate of drug-likeness (QED) is 0.0619. The maximum absolute atomic E-state index is 7.35. The Balaban J connectivity index is 1.24. The van der Waals surface area contributed by atoms with Gasteiger partial charge in [0.25, 0.3) is 0 Å². The van der Waals surface area contributed by atoms with Gasteiger partial charge >= 0.3 is 0 Å². The summed E-state index contributed by atoms with van der Waals surface area (Å²) in [7, 11) is 3.21. The standard InChI is InChI=1S/C53H54O9S/c1-54-36-60-46-30-47(61-37-55-2)45(29-43(46)28-44-27-42-25-15-16-26-49(42)63-44)50-52(58-33-40-21-11-5-12-22-40)53(59-34-41-23-13-6-14-24-41)51(57-32-39-19-9-4-10-20-39)48(62-50)35-56-31-38-17-7-3-8-18-38/h3-27,29-30,48,50-53H,28,31-37H2,1-2H3/t48-,50+,51-,52+,53+/m1/s1. The minimum Gasteiger partial charge on any atom is -0.467 e. The van der Waals surface area contributed by atoms with Crippen molar-refractivity contribution in [2.45, 2.75) is 63.4 Å². The zero-order chi connectivity index (χ0) is 43.1. The van der Waals surface area contributed by atoms with Gasteiger partial charge in [-0.2, -0.15) is 0 Å². The fourth-order valence-corrected chi connectivity index (χ4v) is 8.93. The molecule has 0 bridgehead atoms. The Morgan fingerprint density at radius 2 is 1.02 bits per heavy atom. The van der Waals surface area contributed by atoms with Gasteiger partial charge in [-0.15, -0.1) is 11.3 Å². The number of benzene rings is 6. The molecule has 1 fully saturated rings. The second-order valence-corrected chi connectivity index (χ2v) is 16.6. The first kappa shape index (κ1) is 44.2. The van der Waals surface area contributed by atoms with Crippen LogP contribution in [-0.2, 0) is 66.0 Å². The van der Waals surface area contributed by atoms with Gasteiger partial charge in [0.05, 0.1) is 33.0 Å². The molecule has 0 aliphatic carbocycles. The largest absolute Gasteiger partial charge is 0.467 e. The third-order valence-corrected chi connectivity index (χ3v) is 12.0. The third-order valence-electron chi connectivity index (χ3n) is 10.9. The maximum atomic E-state index is 7.35. The predicted octanol–water partition coefficient (Wildman–Crippen LogP) is 10.9. The van der Waals surface area contributed by atoms with Crippen LogP contribution >= 0.6 is 11.3 Å². The van der Waals surface area contributed by atoms with Crippen LogP contribution in [0.5, 0.6) is 11.5 Å². The van der Waals surface area contributed by atoms with E-state index in [1.165, 1.54) is 15.0 Å². The van der Waals surface area contributed by atoms with Gasteiger partial charge < -0.3 is 42.6 Å². The Hall–Kier alpha value is -5.40. The van der Waals surface area contributed by atoms with Crippen LogP contribution in [0.2, 0.25) is 0 Å². The average molecular weight is 867 g/mol. The van der Waals surface area contributed by atoms with Crippen molar-refractivity contribution in [3.63, 3.8) is 0 Å². The van der Waals surface area contributed by atoms with Crippen LogP contribution in [0, 0.1) is 0 Å². The van der Waals surface area contributed by atoms with E-state index in [4.69, 9.17) is 42.6 Å². The van der Waals surface area contributed by atoms with Gasteiger partial charge in [0.15, 0.2) is 13.6 Å². The van der Waals surface area contributed by atoms with Crippen LogP contribution < -0.4 is 9.47 Å². The molecule has 326 valence electrons. The highest BCUT2D eigenvalue weighted by Crippen LogP contribution is 2.44. The van der Waals surface area contributed by atoms with E-state index in [-0.39, 0.29) is 20.2 Å². The predicted molar refractivity (Wildman–Crippen MR) is 245 cm³/mol. The molecule has 0 spiro atoms. The van der Waals surface area contributed by atoms with Crippen molar-refractivity contribution in [1.82, 2.24) is 0 Å². The fraction of sp³-hybridized carbons (Fsp3) is 0.283. The summed E-state index contributed by atoms with van der Waals surface area (Å²) in [5.74, 6) is 1.15. The molecule has 1 aromatic heterocycles. The van der Waals surface area contributed by atoms with E-state index < -0.39 is 30.5 Å². The maximum Gasteiger partial charge on any atom is 0.188 e. The zero-order valence-corrected chi connectivity index (χ0v) is 36.5. The average Bonchev–Trinajstić information content (AvgIpc) is 3.75. The second kappa shape index (κ2) is 22.8. The Kier molecular flexibility index (Phi) is 16.0. The zero-order valence-electron chi connectivity index (χ0n) is 35.7. The van der Waals surface area contributed by atoms with Crippen molar-refractivity contribution in [3.05, 3.63) is 202 Å². The normalized spacial score (nSPS) is 18.7. The van der Waals surface area contributed by atoms with Gasteiger partial charge in [-0.25, -0.2) is 0 Å². The van der Waals surface area contributed by atoms with Crippen molar-refractivity contribution in [2.24, 2.45) is 0 Å². The van der Waals surface area contributed by atoms with Crippen LogP contribution in [0.4, 0.5) is 0 Å². The van der Waals surface area contributed by atoms with Gasteiger partial charge in [0.1, 0.15) is 42.0 Å². The number of thiophene rings is 1. The Morgan fingerprint density at radius 1 is 0.508 bits per heavy atom. The topological polar surface area (TPSA) is 83.1 Å². The van der Waals surface area contributed by atoms with Crippen LogP contribution in [0.25, 0.3) is 10.1 Å². The first-order valence-electron chi connectivity index (χ1n) is 21.3. The summed E-state index contributed by atoms with van der Waals surface area (Å²) in [6, 6.07) is 55.3. The van der Waals surface area contributed by atoms with Crippen LogP contribution in [-0.4, -0.2) is 58.8 Å². The van der Waals surface area contributed by atoms with E-state index in [0.717, 1.165) is 33.4 Å². The molecule has 0 saturated carbocycles. The molecule has 0 N–H and O–H groups in total. The minimum absolute atomic E-state index is 0.00496. The third kappa shape index (κ3) is 12.0. The van der Waals surface area contributed by atoms with E-state index in [1.54, 1.807) is 25.6 Å². The van der Waals surface area contributed by atoms with Crippen molar-refractivity contribution in [3.8, 4) is 11.5 Å². The molecule has 7 aromatic rings. The summed E-state index contributed by atoms with van der Waals surface area (Å²) in [5.41, 5.74) is 5.81. The molecule has 1 aliphatic heterocycles.